The van der Waals surface area contributed by atoms with Crippen LogP contribution in [0, 0.1) is 13.8 Å². The van der Waals surface area contributed by atoms with Crippen molar-refractivity contribution in [2.75, 3.05) is 5.75 Å². The smallest absolute Gasteiger partial charge is 0.264 e. The van der Waals surface area contributed by atoms with Crippen molar-refractivity contribution in [2.45, 2.75) is 27.2 Å². The van der Waals surface area contributed by atoms with Crippen molar-refractivity contribution in [3.05, 3.63) is 29.6 Å². The first-order valence-electron chi connectivity index (χ1n) is 4.69. The molecule has 86 valence electrons. The molecule has 0 spiro atoms. The third kappa shape index (κ3) is 9.37. The van der Waals surface area contributed by atoms with Gasteiger partial charge in [-0.1, -0.05) is 6.92 Å². The number of hydrogen-bond acceptors (Lipinski definition) is 3. The van der Waals surface area contributed by atoms with Gasteiger partial charge in [-0.15, -0.1) is 0 Å². The molecule has 1 aromatic heterocycles. The molecule has 5 heteroatoms. The normalized spacial score (nSPS) is 10.4. The van der Waals surface area contributed by atoms with Crippen LogP contribution in [-0.2, 0) is 10.1 Å². The first kappa shape index (κ1) is 14.1. The summed E-state index contributed by atoms with van der Waals surface area (Å²) in [6, 6.07) is 4.05. The molecule has 0 aliphatic carbocycles. The lowest BCUT2D eigenvalue weighted by atomic mass is 10.3. The van der Waals surface area contributed by atoms with E-state index in [-0.39, 0.29) is 5.75 Å². The number of hydrogen-bond donors (Lipinski definition) is 1. The van der Waals surface area contributed by atoms with Gasteiger partial charge in [0.2, 0.25) is 0 Å². The third-order valence-corrected chi connectivity index (χ3v) is 2.44. The maximum Gasteiger partial charge on any atom is 0.264 e. The van der Waals surface area contributed by atoms with Gasteiger partial charge in [0.15, 0.2) is 0 Å². The molecule has 0 saturated heterocycles. The summed E-state index contributed by atoms with van der Waals surface area (Å²) in [4.78, 5) is 4.04. The second-order valence-electron chi connectivity index (χ2n) is 3.26. The summed E-state index contributed by atoms with van der Waals surface area (Å²) in [6.45, 7) is 5.75. The summed E-state index contributed by atoms with van der Waals surface area (Å²) < 4.78 is 27.6. The monoisotopic (exact) mass is 231 g/mol. The molecule has 1 aromatic rings. The summed E-state index contributed by atoms with van der Waals surface area (Å²) in [6.07, 6.45) is 2.30. The lowest BCUT2D eigenvalue weighted by Crippen LogP contribution is -2.01. The van der Waals surface area contributed by atoms with Gasteiger partial charge < -0.3 is 0 Å². The van der Waals surface area contributed by atoms with Crippen molar-refractivity contribution in [2.24, 2.45) is 0 Å². The van der Waals surface area contributed by atoms with Crippen molar-refractivity contribution in [3.8, 4) is 0 Å². The van der Waals surface area contributed by atoms with Gasteiger partial charge in [-0.3, -0.25) is 9.54 Å². The van der Waals surface area contributed by atoms with Gasteiger partial charge in [0.1, 0.15) is 0 Å². The average Bonchev–Trinajstić information content (AvgIpc) is 2.01. The molecule has 0 unspecified atom stereocenters. The molecule has 0 atom stereocenters. The van der Waals surface area contributed by atoms with Gasteiger partial charge in [0.05, 0.1) is 5.75 Å². The Bertz CT molecular complexity index is 370. The Balaban J connectivity index is 0.000000265. The number of aryl methyl sites for hydroxylation is 2. The van der Waals surface area contributed by atoms with E-state index in [1.807, 2.05) is 19.2 Å². The van der Waals surface area contributed by atoms with E-state index in [0.717, 1.165) is 5.69 Å². The predicted octanol–water partition coefficient (Wildman–Crippen LogP) is 1.98. The molecule has 0 amide bonds. The lowest BCUT2D eigenvalue weighted by Gasteiger charge is -1.90. The molecular formula is C10H17NO3S. The van der Waals surface area contributed by atoms with Crippen molar-refractivity contribution < 1.29 is 13.0 Å². The Kier molecular flexibility index (Phi) is 6.12. The third-order valence-electron chi connectivity index (χ3n) is 1.51. The maximum absolute atomic E-state index is 9.79. The molecule has 1 heterocycles. The summed E-state index contributed by atoms with van der Waals surface area (Å²) in [7, 11) is -3.67. The van der Waals surface area contributed by atoms with Crippen molar-refractivity contribution >= 4 is 10.1 Å². The van der Waals surface area contributed by atoms with Gasteiger partial charge >= 0.3 is 0 Å². The van der Waals surface area contributed by atoms with Gasteiger partial charge in [-0.2, -0.15) is 8.42 Å². The van der Waals surface area contributed by atoms with Crippen LogP contribution >= 0.6 is 0 Å². The quantitative estimate of drug-likeness (QED) is 0.790. The molecule has 0 aliphatic rings. The number of rotatable bonds is 2. The van der Waals surface area contributed by atoms with E-state index in [2.05, 4.69) is 18.0 Å². The fourth-order valence-electron chi connectivity index (χ4n) is 0.945. The van der Waals surface area contributed by atoms with E-state index >= 15 is 0 Å². The molecule has 15 heavy (non-hydrogen) atoms. The van der Waals surface area contributed by atoms with Crippen molar-refractivity contribution in [3.63, 3.8) is 0 Å². The lowest BCUT2D eigenvalue weighted by molar-refractivity contribution is 0.482. The summed E-state index contributed by atoms with van der Waals surface area (Å²) >= 11 is 0. The summed E-state index contributed by atoms with van der Waals surface area (Å²) in [5.74, 6) is -0.132. The summed E-state index contributed by atoms with van der Waals surface area (Å²) in [5, 5.41) is 0. The molecule has 0 bridgehead atoms. The SMILES string of the molecule is CCCS(=O)(=O)O.Cc1ccnc(C)c1. The molecule has 0 saturated carbocycles. The standard InChI is InChI=1S/C7H9N.C3H8O3S/c1-6-3-4-8-7(2)5-6;1-2-3-7(4,5)6/h3-5H,1-2H3;2-3H2,1H3,(H,4,5,6). The van der Waals surface area contributed by atoms with Crippen LogP contribution in [0.4, 0.5) is 0 Å². The van der Waals surface area contributed by atoms with Crippen LogP contribution in [0.2, 0.25) is 0 Å². The minimum Gasteiger partial charge on any atom is -0.286 e. The number of pyridine rings is 1. The van der Waals surface area contributed by atoms with Gasteiger partial charge in [-0.05, 0) is 38.0 Å². The maximum atomic E-state index is 9.79. The predicted molar refractivity (Wildman–Crippen MR) is 60.4 cm³/mol. The Morgan fingerprint density at radius 1 is 1.40 bits per heavy atom. The fourth-order valence-corrected chi connectivity index (χ4v) is 1.46. The zero-order valence-electron chi connectivity index (χ0n) is 9.27. The van der Waals surface area contributed by atoms with E-state index in [0.29, 0.717) is 6.42 Å². The number of nitrogens with zero attached hydrogens (tertiary/aromatic N) is 1. The van der Waals surface area contributed by atoms with Crippen molar-refractivity contribution in [1.29, 1.82) is 0 Å². The van der Waals surface area contributed by atoms with Gasteiger partial charge in [0.25, 0.3) is 10.1 Å². The molecule has 1 N–H and O–H groups in total. The van der Waals surface area contributed by atoms with Crippen LogP contribution in [0.15, 0.2) is 18.3 Å². The molecule has 0 radical (unpaired) electrons. The highest BCUT2D eigenvalue weighted by molar-refractivity contribution is 7.85. The van der Waals surface area contributed by atoms with E-state index in [1.54, 1.807) is 6.92 Å². The van der Waals surface area contributed by atoms with Crippen LogP contribution in [0.5, 0.6) is 0 Å². The summed E-state index contributed by atoms with van der Waals surface area (Å²) in [5.41, 5.74) is 2.36. The molecule has 0 aliphatic heterocycles. The second kappa shape index (κ2) is 6.53. The number of aromatic nitrogens is 1. The highest BCUT2D eigenvalue weighted by Crippen LogP contribution is 1.95. The molecule has 1 rings (SSSR count). The minimum absolute atomic E-state index is 0.132. The zero-order chi connectivity index (χ0) is 11.9. The first-order chi connectivity index (χ1) is 6.85. The van der Waals surface area contributed by atoms with Crippen LogP contribution < -0.4 is 0 Å². The molecule has 4 nitrogen and oxygen atoms in total. The fraction of sp³-hybridized carbons (Fsp3) is 0.500. The van der Waals surface area contributed by atoms with Crippen LogP contribution in [0.1, 0.15) is 24.6 Å². The largest absolute Gasteiger partial charge is 0.286 e. The van der Waals surface area contributed by atoms with Gasteiger partial charge in [0, 0.05) is 11.9 Å². The van der Waals surface area contributed by atoms with E-state index in [1.165, 1.54) is 5.56 Å². The Labute approximate surface area is 91.1 Å². The Hall–Kier alpha value is -0.940. The van der Waals surface area contributed by atoms with Gasteiger partial charge in [-0.25, -0.2) is 0 Å². The van der Waals surface area contributed by atoms with E-state index in [9.17, 15) is 8.42 Å². The van der Waals surface area contributed by atoms with Crippen LogP contribution in [0.3, 0.4) is 0 Å². The van der Waals surface area contributed by atoms with Crippen LogP contribution in [0.25, 0.3) is 0 Å². The van der Waals surface area contributed by atoms with Crippen LogP contribution in [-0.4, -0.2) is 23.7 Å². The molecule has 0 fully saturated rings. The van der Waals surface area contributed by atoms with E-state index in [4.69, 9.17) is 4.55 Å². The average molecular weight is 231 g/mol. The first-order valence-corrected chi connectivity index (χ1v) is 6.30. The molecular weight excluding hydrogens is 214 g/mol. The van der Waals surface area contributed by atoms with E-state index < -0.39 is 10.1 Å². The highest BCUT2D eigenvalue weighted by Gasteiger charge is 1.98. The molecule has 0 aromatic carbocycles. The Morgan fingerprint density at radius 2 is 2.00 bits per heavy atom. The highest BCUT2D eigenvalue weighted by atomic mass is 32.2. The minimum atomic E-state index is -3.67. The zero-order valence-corrected chi connectivity index (χ0v) is 10.1. The Morgan fingerprint density at radius 3 is 2.20 bits per heavy atom. The van der Waals surface area contributed by atoms with Crippen molar-refractivity contribution in [1.82, 2.24) is 4.98 Å². The second-order valence-corrected chi connectivity index (χ2v) is 4.83. The topological polar surface area (TPSA) is 67.3 Å².